The van der Waals surface area contributed by atoms with Gasteiger partial charge in [0.05, 0.1) is 48.1 Å². The predicted molar refractivity (Wildman–Crippen MR) is 97.3 cm³/mol. The topological polar surface area (TPSA) is 52.5 Å². The first-order chi connectivity index (χ1) is 12.2. The van der Waals surface area contributed by atoms with Crippen LogP contribution in [0.4, 0.5) is 0 Å². The number of aromatic nitrogens is 1. The van der Waals surface area contributed by atoms with Crippen molar-refractivity contribution < 1.29 is 14.3 Å². The number of carbonyl (C=O) groups excluding carboxylic acids is 1. The molecule has 2 aromatic rings. The molecule has 0 spiro atoms. The van der Waals surface area contributed by atoms with Crippen molar-refractivity contribution in [2.75, 3.05) is 26.4 Å². The molecule has 25 heavy (non-hydrogen) atoms. The Morgan fingerprint density at radius 2 is 2.12 bits per heavy atom. The maximum absolute atomic E-state index is 12.7. The summed E-state index contributed by atoms with van der Waals surface area (Å²) in [7, 11) is 0. The molecule has 0 bridgehead atoms. The van der Waals surface area contributed by atoms with Gasteiger partial charge in [0.1, 0.15) is 0 Å². The summed E-state index contributed by atoms with van der Waals surface area (Å²) in [5.41, 5.74) is 1.60. The first kappa shape index (κ1) is 16.9. The summed E-state index contributed by atoms with van der Waals surface area (Å²) in [5.74, 6) is -0.105. The molecule has 2 fully saturated rings. The van der Waals surface area contributed by atoms with Gasteiger partial charge in [-0.3, -0.25) is 4.79 Å². The van der Waals surface area contributed by atoms with Crippen LogP contribution in [0.1, 0.15) is 42.1 Å². The smallest absolute Gasteiger partial charge is 0.253 e. The van der Waals surface area contributed by atoms with Crippen molar-refractivity contribution in [2.24, 2.45) is 0 Å². The molecule has 1 saturated heterocycles. The summed E-state index contributed by atoms with van der Waals surface area (Å²) in [5, 5.41) is 4.37. The highest BCUT2D eigenvalue weighted by molar-refractivity contribution is 6.36. The molecule has 2 aliphatic rings. The van der Waals surface area contributed by atoms with E-state index in [1.54, 1.807) is 0 Å². The third-order valence-corrected chi connectivity index (χ3v) is 5.42. The number of benzene rings is 1. The van der Waals surface area contributed by atoms with Gasteiger partial charge >= 0.3 is 0 Å². The molecule has 1 N–H and O–H groups in total. The number of amides is 1. The predicted octanol–water partition coefficient (Wildman–Crippen LogP) is 3.56. The van der Waals surface area contributed by atoms with Crippen molar-refractivity contribution in [3.8, 4) is 0 Å². The fourth-order valence-electron chi connectivity index (χ4n) is 3.67. The number of nitrogens with zero attached hydrogens (tertiary/aromatic N) is 1. The van der Waals surface area contributed by atoms with Crippen LogP contribution in [0.3, 0.4) is 0 Å². The molecule has 1 amide bonds. The van der Waals surface area contributed by atoms with E-state index in [4.69, 9.17) is 21.1 Å². The average molecular weight is 363 g/mol. The summed E-state index contributed by atoms with van der Waals surface area (Å²) in [6, 6.07) is 6.01. The molecule has 4 rings (SSSR count). The number of halogens is 1. The van der Waals surface area contributed by atoms with Crippen LogP contribution in [0.25, 0.3) is 10.9 Å². The van der Waals surface area contributed by atoms with E-state index in [0.29, 0.717) is 43.1 Å². The first-order valence-electron chi connectivity index (χ1n) is 9.00. The van der Waals surface area contributed by atoms with E-state index in [1.807, 2.05) is 24.4 Å². The quantitative estimate of drug-likeness (QED) is 0.799. The summed E-state index contributed by atoms with van der Waals surface area (Å²) in [6.07, 6.45) is 7.05. The summed E-state index contributed by atoms with van der Waals surface area (Å²) < 4.78 is 13.2. The lowest BCUT2D eigenvalue weighted by atomic mass is 10.1. The van der Waals surface area contributed by atoms with Crippen LogP contribution in [-0.4, -0.2) is 42.9 Å². The highest BCUT2D eigenvalue weighted by Crippen LogP contribution is 2.32. The van der Waals surface area contributed by atoms with Gasteiger partial charge in [0.15, 0.2) is 0 Å². The molecule has 0 atom stereocenters. The van der Waals surface area contributed by atoms with Crippen molar-refractivity contribution in [3.05, 3.63) is 35.0 Å². The minimum atomic E-state index is -0.105. The molecule has 1 aromatic carbocycles. The van der Waals surface area contributed by atoms with Crippen LogP contribution in [-0.2, 0) is 9.47 Å². The molecular formula is C19H23ClN2O3. The Morgan fingerprint density at radius 3 is 2.84 bits per heavy atom. The third-order valence-electron chi connectivity index (χ3n) is 5.11. The lowest BCUT2D eigenvalue weighted by Gasteiger charge is -2.28. The fourth-order valence-corrected chi connectivity index (χ4v) is 3.94. The van der Waals surface area contributed by atoms with Crippen LogP contribution >= 0.6 is 11.6 Å². The summed E-state index contributed by atoms with van der Waals surface area (Å²) in [6.45, 7) is 2.41. The van der Waals surface area contributed by atoms with Crippen LogP contribution in [0.2, 0.25) is 5.02 Å². The van der Waals surface area contributed by atoms with Crippen LogP contribution in [0, 0.1) is 0 Å². The summed E-state index contributed by atoms with van der Waals surface area (Å²) in [4.78, 5) is 12.7. The Balaban J connectivity index is 1.46. The zero-order chi connectivity index (χ0) is 17.2. The Bertz CT molecular complexity index is 763. The molecule has 6 heteroatoms. The van der Waals surface area contributed by atoms with E-state index in [9.17, 15) is 4.79 Å². The van der Waals surface area contributed by atoms with Crippen LogP contribution in [0.5, 0.6) is 0 Å². The lowest BCUT2D eigenvalue weighted by Crippen LogP contribution is -2.30. The standard InChI is InChI=1S/C19H23ClN2O3/c20-16-6-3-7-17-18(16)15(10-22(17)13-11-24-12-13)19(23)21-8-9-25-14-4-1-2-5-14/h3,6-7,10,13-14H,1-2,4-5,8-9,11-12H2,(H,21,23). The average Bonchev–Trinajstić information content (AvgIpc) is 3.19. The minimum absolute atomic E-state index is 0.105. The van der Waals surface area contributed by atoms with Crippen LogP contribution in [0.15, 0.2) is 24.4 Å². The minimum Gasteiger partial charge on any atom is -0.377 e. The van der Waals surface area contributed by atoms with Gasteiger partial charge in [-0.15, -0.1) is 0 Å². The number of hydrogen-bond acceptors (Lipinski definition) is 3. The second-order valence-electron chi connectivity index (χ2n) is 6.81. The van der Waals surface area contributed by atoms with Crippen molar-refractivity contribution in [2.45, 2.75) is 37.8 Å². The van der Waals surface area contributed by atoms with Gasteiger partial charge in [-0.05, 0) is 25.0 Å². The maximum Gasteiger partial charge on any atom is 0.253 e. The molecule has 0 unspecified atom stereocenters. The second-order valence-corrected chi connectivity index (χ2v) is 7.22. The van der Waals surface area contributed by atoms with Crippen molar-refractivity contribution in [1.29, 1.82) is 0 Å². The molecule has 134 valence electrons. The molecule has 5 nitrogen and oxygen atoms in total. The van der Waals surface area contributed by atoms with E-state index in [2.05, 4.69) is 9.88 Å². The van der Waals surface area contributed by atoms with Crippen molar-refractivity contribution >= 4 is 28.4 Å². The first-order valence-corrected chi connectivity index (χ1v) is 9.38. The second kappa shape index (κ2) is 7.36. The van der Waals surface area contributed by atoms with Crippen molar-refractivity contribution in [1.82, 2.24) is 9.88 Å². The van der Waals surface area contributed by atoms with Gasteiger partial charge in [-0.2, -0.15) is 0 Å². The van der Waals surface area contributed by atoms with E-state index < -0.39 is 0 Å². The van der Waals surface area contributed by atoms with Gasteiger partial charge in [0.2, 0.25) is 0 Å². The Morgan fingerprint density at radius 1 is 1.32 bits per heavy atom. The lowest BCUT2D eigenvalue weighted by molar-refractivity contribution is -0.0214. The molecule has 1 aromatic heterocycles. The van der Waals surface area contributed by atoms with E-state index in [-0.39, 0.29) is 11.9 Å². The monoisotopic (exact) mass is 362 g/mol. The van der Waals surface area contributed by atoms with Gasteiger partial charge in [-0.25, -0.2) is 0 Å². The van der Waals surface area contributed by atoms with Crippen LogP contribution < -0.4 is 5.32 Å². The molecular weight excluding hydrogens is 340 g/mol. The zero-order valence-corrected chi connectivity index (χ0v) is 14.9. The van der Waals surface area contributed by atoms with E-state index in [1.165, 1.54) is 12.8 Å². The van der Waals surface area contributed by atoms with Gasteiger partial charge in [0.25, 0.3) is 5.91 Å². The molecule has 1 aliphatic carbocycles. The Labute approximate surface area is 152 Å². The SMILES string of the molecule is O=C(NCCOC1CCCC1)c1cn(C2COC2)c2cccc(Cl)c12. The number of nitrogens with one attached hydrogen (secondary N) is 1. The largest absolute Gasteiger partial charge is 0.377 e. The van der Waals surface area contributed by atoms with E-state index >= 15 is 0 Å². The fraction of sp³-hybridized carbons (Fsp3) is 0.526. The zero-order valence-electron chi connectivity index (χ0n) is 14.2. The number of fused-ring (bicyclic) bond motifs is 1. The van der Waals surface area contributed by atoms with Gasteiger partial charge in [-0.1, -0.05) is 30.5 Å². The number of carbonyl (C=O) groups is 1. The molecule has 2 heterocycles. The molecule has 1 aliphatic heterocycles. The molecule has 0 radical (unpaired) electrons. The van der Waals surface area contributed by atoms with Gasteiger partial charge in [0, 0.05) is 18.1 Å². The number of ether oxygens (including phenoxy) is 2. The normalized spacial score (nSPS) is 18.6. The number of hydrogen-bond donors (Lipinski definition) is 1. The highest BCUT2D eigenvalue weighted by Gasteiger charge is 2.25. The number of rotatable bonds is 6. The van der Waals surface area contributed by atoms with Gasteiger partial charge < -0.3 is 19.4 Å². The Hall–Kier alpha value is -1.56. The Kier molecular flexibility index (Phi) is 4.97. The van der Waals surface area contributed by atoms with E-state index in [0.717, 1.165) is 23.7 Å². The summed E-state index contributed by atoms with van der Waals surface area (Å²) >= 11 is 6.38. The van der Waals surface area contributed by atoms with Crippen molar-refractivity contribution in [3.63, 3.8) is 0 Å². The third kappa shape index (κ3) is 3.41. The molecule has 1 saturated carbocycles. The maximum atomic E-state index is 12.7. The highest BCUT2D eigenvalue weighted by atomic mass is 35.5.